The minimum atomic E-state index is 0.630. The van der Waals surface area contributed by atoms with Crippen molar-refractivity contribution in [3.05, 3.63) is 59.4 Å². The van der Waals surface area contributed by atoms with Crippen molar-refractivity contribution >= 4 is 5.96 Å². The molecule has 0 atom stereocenters. The molecular weight excluding hydrogens is 300 g/mol. The van der Waals surface area contributed by atoms with Gasteiger partial charge in [0.1, 0.15) is 5.75 Å². The number of benzene rings is 1. The van der Waals surface area contributed by atoms with Crippen LogP contribution in [0.2, 0.25) is 0 Å². The summed E-state index contributed by atoms with van der Waals surface area (Å²) < 4.78 is 5.17. The van der Waals surface area contributed by atoms with E-state index in [4.69, 9.17) is 4.74 Å². The molecule has 0 fully saturated rings. The van der Waals surface area contributed by atoms with Crippen LogP contribution in [0.4, 0.5) is 0 Å². The average Bonchev–Trinajstić information content (AvgIpc) is 2.62. The van der Waals surface area contributed by atoms with Gasteiger partial charge in [0.2, 0.25) is 0 Å². The maximum Gasteiger partial charge on any atom is 0.191 e. The Hall–Kier alpha value is -2.56. The van der Waals surface area contributed by atoms with Gasteiger partial charge in [-0.15, -0.1) is 0 Å². The van der Waals surface area contributed by atoms with Gasteiger partial charge in [0.05, 0.1) is 13.7 Å². The van der Waals surface area contributed by atoms with Crippen LogP contribution in [0.1, 0.15) is 23.7 Å². The Kier molecular flexibility index (Phi) is 7.08. The van der Waals surface area contributed by atoms with Gasteiger partial charge in [0, 0.05) is 25.0 Å². The number of guanidine groups is 1. The van der Waals surface area contributed by atoms with E-state index in [-0.39, 0.29) is 0 Å². The third-order valence-electron chi connectivity index (χ3n) is 3.60. The van der Waals surface area contributed by atoms with Crippen molar-refractivity contribution in [2.75, 3.05) is 20.2 Å². The lowest BCUT2D eigenvalue weighted by atomic mass is 10.2. The molecule has 5 nitrogen and oxygen atoms in total. The first-order chi connectivity index (χ1) is 11.7. The summed E-state index contributed by atoms with van der Waals surface area (Å²) in [7, 11) is 1.67. The molecule has 0 aliphatic rings. The number of hydrogen-bond donors (Lipinski definition) is 2. The molecule has 0 amide bonds. The molecule has 0 radical (unpaired) electrons. The minimum Gasteiger partial charge on any atom is -0.497 e. The molecule has 2 N–H and O–H groups in total. The van der Waals surface area contributed by atoms with Gasteiger partial charge in [-0.3, -0.25) is 4.98 Å². The van der Waals surface area contributed by atoms with E-state index in [1.54, 1.807) is 7.11 Å². The van der Waals surface area contributed by atoms with E-state index >= 15 is 0 Å². The summed E-state index contributed by atoms with van der Waals surface area (Å²) in [6.07, 6.45) is 2.85. The first-order valence-electron chi connectivity index (χ1n) is 8.28. The van der Waals surface area contributed by atoms with Crippen LogP contribution in [0, 0.1) is 6.92 Å². The van der Waals surface area contributed by atoms with Crippen molar-refractivity contribution < 1.29 is 4.74 Å². The highest BCUT2D eigenvalue weighted by molar-refractivity contribution is 5.79. The number of ether oxygens (including phenoxy) is 1. The Morgan fingerprint density at radius 1 is 1.08 bits per heavy atom. The van der Waals surface area contributed by atoms with Crippen molar-refractivity contribution in [3.8, 4) is 5.75 Å². The third-order valence-corrected chi connectivity index (χ3v) is 3.60. The highest BCUT2D eigenvalue weighted by Crippen LogP contribution is 2.11. The fourth-order valence-electron chi connectivity index (χ4n) is 2.21. The lowest BCUT2D eigenvalue weighted by Crippen LogP contribution is -2.38. The number of rotatable bonds is 7. The zero-order valence-electron chi connectivity index (χ0n) is 14.7. The second-order valence-electron chi connectivity index (χ2n) is 5.53. The van der Waals surface area contributed by atoms with Crippen LogP contribution in [0.25, 0.3) is 0 Å². The molecule has 1 aromatic carbocycles. The Labute approximate surface area is 144 Å². The molecule has 0 aliphatic heterocycles. The van der Waals surface area contributed by atoms with E-state index in [9.17, 15) is 0 Å². The summed E-state index contributed by atoms with van der Waals surface area (Å²) >= 11 is 0. The maximum atomic E-state index is 5.17. The predicted octanol–water partition coefficient (Wildman–Crippen LogP) is 2.70. The zero-order valence-corrected chi connectivity index (χ0v) is 14.7. The number of nitrogens with one attached hydrogen (secondary N) is 2. The van der Waals surface area contributed by atoms with Crippen LogP contribution < -0.4 is 15.4 Å². The van der Waals surface area contributed by atoms with E-state index in [1.807, 2.05) is 43.5 Å². The van der Waals surface area contributed by atoms with Crippen LogP contribution in [-0.2, 0) is 13.0 Å². The topological polar surface area (TPSA) is 58.5 Å². The lowest BCUT2D eigenvalue weighted by molar-refractivity contribution is 0.414. The van der Waals surface area contributed by atoms with Crippen LogP contribution in [0.3, 0.4) is 0 Å². The summed E-state index contributed by atoms with van der Waals surface area (Å²) in [5.74, 6) is 1.69. The Morgan fingerprint density at radius 3 is 2.46 bits per heavy atom. The second-order valence-corrected chi connectivity index (χ2v) is 5.53. The Morgan fingerprint density at radius 2 is 1.83 bits per heavy atom. The fraction of sp³-hybridized carbons (Fsp3) is 0.368. The highest BCUT2D eigenvalue weighted by atomic mass is 16.5. The van der Waals surface area contributed by atoms with E-state index in [2.05, 4.69) is 33.6 Å². The van der Waals surface area contributed by atoms with Gasteiger partial charge in [-0.05, 0) is 49.6 Å². The number of methoxy groups -OCH3 is 1. The van der Waals surface area contributed by atoms with Gasteiger partial charge in [-0.25, -0.2) is 4.99 Å². The molecule has 0 spiro atoms. The smallest absolute Gasteiger partial charge is 0.191 e. The van der Waals surface area contributed by atoms with Gasteiger partial charge in [-0.1, -0.05) is 18.2 Å². The van der Waals surface area contributed by atoms with E-state index in [1.165, 1.54) is 5.56 Å². The quantitative estimate of drug-likeness (QED) is 0.607. The molecule has 0 bridgehead atoms. The number of nitrogens with zero attached hydrogens (tertiary/aromatic N) is 2. The number of aryl methyl sites for hydroxylation is 1. The highest BCUT2D eigenvalue weighted by Gasteiger charge is 1.99. The molecule has 0 unspecified atom stereocenters. The third kappa shape index (κ3) is 5.91. The molecule has 0 saturated heterocycles. The van der Waals surface area contributed by atoms with E-state index in [0.717, 1.165) is 42.5 Å². The maximum absolute atomic E-state index is 5.17. The number of hydrogen-bond acceptors (Lipinski definition) is 3. The van der Waals surface area contributed by atoms with Crippen molar-refractivity contribution in [2.24, 2.45) is 4.99 Å². The molecule has 0 aliphatic carbocycles. The summed E-state index contributed by atoms with van der Waals surface area (Å²) in [5.41, 5.74) is 3.41. The van der Waals surface area contributed by atoms with Crippen LogP contribution in [0.15, 0.2) is 47.6 Å². The number of aliphatic imine (C=N–C) groups is 1. The first kappa shape index (κ1) is 17.8. The van der Waals surface area contributed by atoms with Crippen LogP contribution >= 0.6 is 0 Å². The zero-order chi connectivity index (χ0) is 17.2. The van der Waals surface area contributed by atoms with Crippen molar-refractivity contribution in [1.29, 1.82) is 0 Å². The lowest BCUT2D eigenvalue weighted by Gasteiger charge is -2.11. The molecule has 1 aromatic heterocycles. The molecule has 24 heavy (non-hydrogen) atoms. The SMILES string of the molecule is CCNC(=NCc1ccc(OC)cc1)NCCc1ccc(C)nc1. The van der Waals surface area contributed by atoms with E-state index in [0.29, 0.717) is 6.54 Å². The van der Waals surface area contributed by atoms with Crippen molar-refractivity contribution in [3.63, 3.8) is 0 Å². The molecule has 0 saturated carbocycles. The summed E-state index contributed by atoms with van der Waals surface area (Å²) in [4.78, 5) is 8.94. The van der Waals surface area contributed by atoms with Crippen molar-refractivity contribution in [2.45, 2.75) is 26.8 Å². The normalized spacial score (nSPS) is 11.2. The Balaban J connectivity index is 1.86. The largest absolute Gasteiger partial charge is 0.497 e. The van der Waals surface area contributed by atoms with Gasteiger partial charge in [0.25, 0.3) is 0 Å². The number of pyridine rings is 1. The molecule has 1 heterocycles. The van der Waals surface area contributed by atoms with Crippen molar-refractivity contribution in [1.82, 2.24) is 15.6 Å². The fourth-order valence-corrected chi connectivity index (χ4v) is 2.21. The summed E-state index contributed by atoms with van der Waals surface area (Å²) in [5, 5.41) is 6.63. The summed E-state index contributed by atoms with van der Waals surface area (Å²) in [6, 6.07) is 12.1. The van der Waals surface area contributed by atoms with Gasteiger partial charge < -0.3 is 15.4 Å². The molecule has 2 aromatic rings. The second kappa shape index (κ2) is 9.55. The molecule has 2 rings (SSSR count). The monoisotopic (exact) mass is 326 g/mol. The molecule has 128 valence electrons. The van der Waals surface area contributed by atoms with Crippen LogP contribution in [0.5, 0.6) is 5.75 Å². The minimum absolute atomic E-state index is 0.630. The standard InChI is InChI=1S/C19H26N4O/c1-4-20-19(21-12-11-17-6-5-15(2)22-13-17)23-14-16-7-9-18(24-3)10-8-16/h5-10,13H,4,11-12,14H2,1-3H3,(H2,20,21,23). The van der Waals surface area contributed by atoms with Gasteiger partial charge >= 0.3 is 0 Å². The average molecular weight is 326 g/mol. The molecular formula is C19H26N4O. The van der Waals surface area contributed by atoms with Gasteiger partial charge in [0.15, 0.2) is 5.96 Å². The van der Waals surface area contributed by atoms with Gasteiger partial charge in [-0.2, -0.15) is 0 Å². The van der Waals surface area contributed by atoms with Crippen LogP contribution in [-0.4, -0.2) is 31.1 Å². The number of aromatic nitrogens is 1. The first-order valence-corrected chi connectivity index (χ1v) is 8.28. The molecule has 5 heteroatoms. The Bertz CT molecular complexity index is 635. The van der Waals surface area contributed by atoms with E-state index < -0.39 is 0 Å². The summed E-state index contributed by atoms with van der Waals surface area (Å²) in [6.45, 7) is 6.34. The predicted molar refractivity (Wildman–Crippen MR) is 98.5 cm³/mol.